The lowest BCUT2D eigenvalue weighted by Gasteiger charge is -2.35. The van der Waals surface area contributed by atoms with Crippen molar-refractivity contribution in [1.82, 2.24) is 19.9 Å². The number of carbonyl (C=O) groups excluding carboxylic acids is 1. The number of benzene rings is 2. The molecule has 0 saturated carbocycles. The molecular formula is C20H16F5N5O. The molecule has 2 aromatic carbocycles. The predicted octanol–water partition coefficient (Wildman–Crippen LogP) is 3.53. The number of carbonyl (C=O) groups is 1. The van der Waals surface area contributed by atoms with Crippen LogP contribution in [-0.4, -0.2) is 52.0 Å². The molecule has 0 radical (unpaired) electrons. The highest BCUT2D eigenvalue weighted by Gasteiger charge is 2.43. The predicted molar refractivity (Wildman–Crippen MR) is 101 cm³/mol. The molecule has 6 nitrogen and oxygen atoms in total. The van der Waals surface area contributed by atoms with Crippen LogP contribution in [0.1, 0.15) is 16.2 Å². The third-order valence-corrected chi connectivity index (χ3v) is 4.97. The first-order valence-electron chi connectivity index (χ1n) is 9.32. The summed E-state index contributed by atoms with van der Waals surface area (Å²) in [4.78, 5) is 16.0. The molecule has 11 heteroatoms. The maximum atomic E-state index is 13.8. The minimum absolute atomic E-state index is 0.0681. The van der Waals surface area contributed by atoms with Crippen LogP contribution in [0.15, 0.2) is 48.5 Å². The molecule has 1 aromatic heterocycles. The largest absolute Gasteiger partial charge is 0.435 e. The number of nitrogens with zero attached hydrogens (tertiary/aromatic N) is 5. The zero-order chi connectivity index (χ0) is 22.2. The van der Waals surface area contributed by atoms with E-state index in [0.717, 1.165) is 30.0 Å². The van der Waals surface area contributed by atoms with Gasteiger partial charge in [-0.1, -0.05) is 5.21 Å². The van der Waals surface area contributed by atoms with Crippen LogP contribution in [-0.2, 0) is 6.18 Å². The van der Waals surface area contributed by atoms with E-state index >= 15 is 0 Å². The normalized spacial score (nSPS) is 14.7. The highest BCUT2D eigenvalue weighted by molar-refractivity contribution is 5.93. The van der Waals surface area contributed by atoms with Crippen molar-refractivity contribution >= 4 is 11.6 Å². The van der Waals surface area contributed by atoms with Gasteiger partial charge in [0.05, 0.1) is 5.69 Å². The van der Waals surface area contributed by atoms with Crippen LogP contribution < -0.4 is 4.90 Å². The molecule has 2 heterocycles. The molecule has 0 spiro atoms. The third-order valence-electron chi connectivity index (χ3n) is 4.97. The van der Waals surface area contributed by atoms with Gasteiger partial charge in [0.25, 0.3) is 5.91 Å². The molecule has 4 rings (SSSR count). The maximum absolute atomic E-state index is 13.8. The number of rotatable bonds is 3. The Hall–Kier alpha value is -3.50. The molecule has 3 aromatic rings. The number of amides is 1. The van der Waals surface area contributed by atoms with E-state index in [1.54, 1.807) is 12.1 Å². The van der Waals surface area contributed by atoms with E-state index in [2.05, 4.69) is 10.3 Å². The molecule has 1 aliphatic heterocycles. The van der Waals surface area contributed by atoms with Gasteiger partial charge in [0, 0.05) is 31.9 Å². The zero-order valence-corrected chi connectivity index (χ0v) is 16.0. The number of halogens is 5. The van der Waals surface area contributed by atoms with Crippen LogP contribution in [0.3, 0.4) is 0 Å². The van der Waals surface area contributed by atoms with Gasteiger partial charge < -0.3 is 9.80 Å². The lowest BCUT2D eigenvalue weighted by Crippen LogP contribution is -2.49. The Morgan fingerprint density at radius 2 is 1.32 bits per heavy atom. The Labute approximate surface area is 173 Å². The van der Waals surface area contributed by atoms with Gasteiger partial charge in [-0.15, -0.1) is 5.10 Å². The van der Waals surface area contributed by atoms with Crippen LogP contribution in [0.4, 0.5) is 27.6 Å². The summed E-state index contributed by atoms with van der Waals surface area (Å²) < 4.78 is 68.0. The molecule has 0 bridgehead atoms. The first-order valence-corrected chi connectivity index (χ1v) is 9.32. The Kier molecular flexibility index (Phi) is 5.34. The van der Waals surface area contributed by atoms with E-state index in [9.17, 15) is 26.7 Å². The van der Waals surface area contributed by atoms with Gasteiger partial charge in [-0.3, -0.25) is 4.79 Å². The number of aromatic nitrogens is 3. The van der Waals surface area contributed by atoms with E-state index < -0.39 is 29.3 Å². The van der Waals surface area contributed by atoms with E-state index in [1.807, 2.05) is 4.90 Å². The zero-order valence-electron chi connectivity index (χ0n) is 16.0. The molecule has 1 aliphatic rings. The lowest BCUT2D eigenvalue weighted by atomic mass is 10.2. The monoisotopic (exact) mass is 437 g/mol. The summed E-state index contributed by atoms with van der Waals surface area (Å²) in [5.74, 6) is -1.88. The van der Waals surface area contributed by atoms with Gasteiger partial charge in [-0.25, -0.2) is 13.5 Å². The second-order valence-electron chi connectivity index (χ2n) is 6.93. The Balaban J connectivity index is 1.56. The second kappa shape index (κ2) is 7.97. The topological polar surface area (TPSA) is 54.3 Å². The van der Waals surface area contributed by atoms with Crippen molar-refractivity contribution in [2.75, 3.05) is 31.1 Å². The van der Waals surface area contributed by atoms with Crippen molar-refractivity contribution < 1.29 is 26.7 Å². The first kappa shape index (κ1) is 20.8. The minimum Gasteiger partial charge on any atom is -0.368 e. The highest BCUT2D eigenvalue weighted by atomic mass is 19.4. The molecule has 0 atom stereocenters. The van der Waals surface area contributed by atoms with Crippen LogP contribution in [0.25, 0.3) is 5.69 Å². The van der Waals surface area contributed by atoms with Gasteiger partial charge in [0.2, 0.25) is 0 Å². The summed E-state index contributed by atoms with van der Waals surface area (Å²) in [5, 5.41) is 7.00. The summed E-state index contributed by atoms with van der Waals surface area (Å²) >= 11 is 0. The molecule has 31 heavy (non-hydrogen) atoms. The number of anilines is 1. The van der Waals surface area contributed by atoms with Crippen molar-refractivity contribution in [3.05, 3.63) is 71.6 Å². The van der Waals surface area contributed by atoms with Crippen LogP contribution in [0.2, 0.25) is 0 Å². The van der Waals surface area contributed by atoms with Gasteiger partial charge in [0.15, 0.2) is 11.4 Å². The molecule has 1 saturated heterocycles. The molecule has 0 aliphatic carbocycles. The number of piperazine rings is 1. The Morgan fingerprint density at radius 3 is 1.84 bits per heavy atom. The number of hydrogen-bond acceptors (Lipinski definition) is 4. The van der Waals surface area contributed by atoms with E-state index in [1.165, 1.54) is 17.0 Å². The molecular weight excluding hydrogens is 421 g/mol. The molecule has 1 fully saturated rings. The summed E-state index contributed by atoms with van der Waals surface area (Å²) in [6, 6.07) is 10.1. The number of hydrogen-bond donors (Lipinski definition) is 0. The van der Waals surface area contributed by atoms with Crippen LogP contribution in [0, 0.1) is 11.6 Å². The Bertz CT molecular complexity index is 1070. The standard InChI is InChI=1S/C20H16F5N5O/c21-13-1-5-15(6-2-13)28-9-11-29(12-10-28)19(31)17-18(20(23,24)25)30(27-26-17)16-7-3-14(22)4-8-16/h1-8H,9-12H2. The molecule has 0 unspecified atom stereocenters. The van der Waals surface area contributed by atoms with Gasteiger partial charge in [0.1, 0.15) is 11.6 Å². The first-order chi connectivity index (χ1) is 14.7. The highest BCUT2D eigenvalue weighted by Crippen LogP contribution is 2.33. The lowest BCUT2D eigenvalue weighted by molar-refractivity contribution is -0.143. The van der Waals surface area contributed by atoms with Crippen molar-refractivity contribution in [2.45, 2.75) is 6.18 Å². The smallest absolute Gasteiger partial charge is 0.368 e. The maximum Gasteiger partial charge on any atom is 0.435 e. The van der Waals surface area contributed by atoms with Crippen molar-refractivity contribution in [1.29, 1.82) is 0 Å². The quantitative estimate of drug-likeness (QED) is 0.589. The van der Waals surface area contributed by atoms with Crippen LogP contribution in [0.5, 0.6) is 0 Å². The Morgan fingerprint density at radius 1 is 0.806 bits per heavy atom. The summed E-state index contributed by atoms with van der Waals surface area (Å²) in [7, 11) is 0. The average molecular weight is 437 g/mol. The second-order valence-corrected chi connectivity index (χ2v) is 6.93. The third kappa shape index (κ3) is 4.21. The average Bonchev–Trinajstić information content (AvgIpc) is 3.20. The number of alkyl halides is 3. The molecule has 162 valence electrons. The minimum atomic E-state index is -4.90. The van der Waals surface area contributed by atoms with E-state index in [4.69, 9.17) is 0 Å². The fourth-order valence-corrected chi connectivity index (χ4v) is 3.41. The van der Waals surface area contributed by atoms with Gasteiger partial charge in [-0.2, -0.15) is 13.2 Å². The van der Waals surface area contributed by atoms with E-state index in [0.29, 0.717) is 17.8 Å². The van der Waals surface area contributed by atoms with Gasteiger partial charge >= 0.3 is 6.18 Å². The summed E-state index contributed by atoms with van der Waals surface area (Å²) in [5.41, 5.74) is -1.44. The van der Waals surface area contributed by atoms with Crippen molar-refractivity contribution in [2.24, 2.45) is 0 Å². The molecule has 1 amide bonds. The summed E-state index contributed by atoms with van der Waals surface area (Å²) in [6.07, 6.45) is -4.90. The molecule has 0 N–H and O–H groups in total. The van der Waals surface area contributed by atoms with E-state index in [-0.39, 0.29) is 24.6 Å². The fraction of sp³-hybridized carbons (Fsp3) is 0.250. The van der Waals surface area contributed by atoms with Gasteiger partial charge in [-0.05, 0) is 48.5 Å². The SMILES string of the molecule is O=C(c1nnn(-c2ccc(F)cc2)c1C(F)(F)F)N1CCN(c2ccc(F)cc2)CC1. The van der Waals surface area contributed by atoms with Crippen molar-refractivity contribution in [3.8, 4) is 5.69 Å². The van der Waals surface area contributed by atoms with Crippen LogP contribution >= 0.6 is 0 Å². The van der Waals surface area contributed by atoms with Crippen molar-refractivity contribution in [3.63, 3.8) is 0 Å². The summed E-state index contributed by atoms with van der Waals surface area (Å²) in [6.45, 7) is 1.06. The fourth-order valence-electron chi connectivity index (χ4n) is 3.41.